The number of aromatic nitrogens is 4. The van der Waals surface area contributed by atoms with Gasteiger partial charge < -0.3 is 14.6 Å². The van der Waals surface area contributed by atoms with Crippen LogP contribution >= 0.6 is 0 Å². The van der Waals surface area contributed by atoms with Crippen LogP contribution in [0.5, 0.6) is 5.75 Å². The van der Waals surface area contributed by atoms with Gasteiger partial charge in [0.25, 0.3) is 0 Å². The lowest BCUT2D eigenvalue weighted by molar-refractivity contribution is -0.127. The Morgan fingerprint density at radius 2 is 2.26 bits per heavy atom. The van der Waals surface area contributed by atoms with E-state index in [2.05, 4.69) is 20.5 Å². The zero-order valence-corrected chi connectivity index (χ0v) is 13.5. The third-order valence-electron chi connectivity index (χ3n) is 4.07. The molecular formula is C15H20N6O2. The Labute approximate surface area is 134 Å². The van der Waals surface area contributed by atoms with E-state index in [1.807, 2.05) is 35.6 Å². The van der Waals surface area contributed by atoms with Gasteiger partial charge in [0.2, 0.25) is 5.91 Å². The molecule has 1 aliphatic rings. The quantitative estimate of drug-likeness (QED) is 0.862. The van der Waals surface area contributed by atoms with Gasteiger partial charge >= 0.3 is 0 Å². The summed E-state index contributed by atoms with van der Waals surface area (Å²) in [6, 6.07) is 3.43. The highest BCUT2D eigenvalue weighted by atomic mass is 16.5. The summed E-state index contributed by atoms with van der Waals surface area (Å²) in [4.78, 5) is 18.7. The maximum absolute atomic E-state index is 12.5. The lowest BCUT2D eigenvalue weighted by atomic mass is 10.2. The number of rotatable bonds is 4. The first kappa shape index (κ1) is 15.4. The summed E-state index contributed by atoms with van der Waals surface area (Å²) in [5.41, 5.74) is 0.791. The fourth-order valence-electron chi connectivity index (χ4n) is 2.64. The van der Waals surface area contributed by atoms with Crippen LogP contribution in [0.2, 0.25) is 0 Å². The molecule has 0 aromatic carbocycles. The van der Waals surface area contributed by atoms with E-state index in [1.54, 1.807) is 13.3 Å². The van der Waals surface area contributed by atoms with Crippen molar-refractivity contribution in [3.8, 4) is 5.75 Å². The normalized spacial score (nSPS) is 17.6. The highest BCUT2D eigenvalue weighted by molar-refractivity contribution is 5.81. The van der Waals surface area contributed by atoms with Crippen LogP contribution in [0.3, 0.4) is 0 Å². The van der Waals surface area contributed by atoms with Crippen molar-refractivity contribution in [1.82, 2.24) is 30.0 Å². The Balaban J connectivity index is 1.62. The van der Waals surface area contributed by atoms with Crippen LogP contribution in [0.1, 0.15) is 17.3 Å². The number of nitrogens with one attached hydrogen (secondary N) is 1. The Bertz CT molecular complexity index is 696. The standard InChI is InChI=1S/C15H20N6O2/c1-10-18-19-14-9-20(2)13(8-21(10)14)15(22)17-6-11-4-5-12(23-3)7-16-11/h4-5,7,13H,6,8-9H2,1-3H3,(H,17,22). The summed E-state index contributed by atoms with van der Waals surface area (Å²) in [6.45, 7) is 3.46. The molecule has 8 heteroatoms. The summed E-state index contributed by atoms with van der Waals surface area (Å²) >= 11 is 0. The van der Waals surface area contributed by atoms with Gasteiger partial charge in [-0.15, -0.1) is 10.2 Å². The van der Waals surface area contributed by atoms with Crippen LogP contribution < -0.4 is 10.1 Å². The molecular weight excluding hydrogens is 296 g/mol. The maximum Gasteiger partial charge on any atom is 0.239 e. The van der Waals surface area contributed by atoms with Crippen LogP contribution in [0, 0.1) is 6.92 Å². The van der Waals surface area contributed by atoms with Crippen molar-refractivity contribution in [1.29, 1.82) is 0 Å². The molecule has 3 rings (SSSR count). The zero-order valence-electron chi connectivity index (χ0n) is 13.5. The van der Waals surface area contributed by atoms with E-state index in [-0.39, 0.29) is 11.9 Å². The van der Waals surface area contributed by atoms with Gasteiger partial charge in [0.1, 0.15) is 23.4 Å². The molecule has 1 aliphatic heterocycles. The lowest BCUT2D eigenvalue weighted by Gasteiger charge is -2.32. The number of hydrogen-bond acceptors (Lipinski definition) is 6. The van der Waals surface area contributed by atoms with Gasteiger partial charge in [0.05, 0.1) is 38.6 Å². The molecule has 1 amide bonds. The van der Waals surface area contributed by atoms with E-state index in [9.17, 15) is 4.79 Å². The molecule has 2 aromatic rings. The smallest absolute Gasteiger partial charge is 0.239 e. The van der Waals surface area contributed by atoms with Gasteiger partial charge in [-0.2, -0.15) is 0 Å². The number of aryl methyl sites for hydroxylation is 1. The number of ether oxygens (including phenoxy) is 1. The number of fused-ring (bicyclic) bond motifs is 1. The number of hydrogen-bond donors (Lipinski definition) is 1. The number of nitrogens with zero attached hydrogens (tertiary/aromatic N) is 5. The second kappa shape index (κ2) is 6.33. The average molecular weight is 316 g/mol. The van der Waals surface area contributed by atoms with Gasteiger partial charge in [0, 0.05) is 0 Å². The number of likely N-dealkylation sites (N-methyl/N-ethyl adjacent to an activating group) is 1. The molecule has 1 atom stereocenters. The zero-order chi connectivity index (χ0) is 16.4. The third-order valence-corrected chi connectivity index (χ3v) is 4.07. The molecule has 0 saturated heterocycles. The predicted molar refractivity (Wildman–Crippen MR) is 82.6 cm³/mol. The van der Waals surface area contributed by atoms with Gasteiger partial charge in [0.15, 0.2) is 0 Å². The number of methoxy groups -OCH3 is 1. The number of carbonyl (C=O) groups is 1. The highest BCUT2D eigenvalue weighted by Gasteiger charge is 2.30. The van der Waals surface area contributed by atoms with E-state index < -0.39 is 0 Å². The highest BCUT2D eigenvalue weighted by Crippen LogP contribution is 2.16. The van der Waals surface area contributed by atoms with Crippen molar-refractivity contribution in [2.45, 2.75) is 32.6 Å². The van der Waals surface area contributed by atoms with Crippen molar-refractivity contribution < 1.29 is 9.53 Å². The molecule has 0 fully saturated rings. The minimum Gasteiger partial charge on any atom is -0.495 e. The minimum absolute atomic E-state index is 0.0242. The summed E-state index contributed by atoms with van der Waals surface area (Å²) < 4.78 is 7.07. The van der Waals surface area contributed by atoms with Crippen LogP contribution in [-0.2, 0) is 24.4 Å². The number of carbonyl (C=O) groups excluding carboxylic acids is 1. The van der Waals surface area contributed by atoms with E-state index in [0.717, 1.165) is 17.3 Å². The van der Waals surface area contributed by atoms with Gasteiger partial charge in [-0.1, -0.05) is 0 Å². The maximum atomic E-state index is 12.5. The Hall–Kier alpha value is -2.48. The van der Waals surface area contributed by atoms with E-state index in [4.69, 9.17) is 4.74 Å². The molecule has 0 radical (unpaired) electrons. The van der Waals surface area contributed by atoms with Crippen LogP contribution in [0.4, 0.5) is 0 Å². The first-order valence-electron chi connectivity index (χ1n) is 7.44. The molecule has 0 saturated carbocycles. The molecule has 23 heavy (non-hydrogen) atoms. The largest absolute Gasteiger partial charge is 0.495 e. The Morgan fingerprint density at radius 3 is 2.96 bits per heavy atom. The summed E-state index contributed by atoms with van der Waals surface area (Å²) in [5.74, 6) is 2.40. The second-order valence-electron chi connectivity index (χ2n) is 5.61. The van der Waals surface area contributed by atoms with Crippen LogP contribution in [0.25, 0.3) is 0 Å². The molecule has 0 spiro atoms. The monoisotopic (exact) mass is 316 g/mol. The molecule has 1 N–H and O–H groups in total. The molecule has 122 valence electrons. The molecule has 1 unspecified atom stereocenters. The van der Waals surface area contributed by atoms with Gasteiger partial charge in [-0.05, 0) is 26.1 Å². The van der Waals surface area contributed by atoms with Crippen molar-refractivity contribution in [2.75, 3.05) is 14.2 Å². The third kappa shape index (κ3) is 3.16. The van der Waals surface area contributed by atoms with Crippen molar-refractivity contribution in [3.05, 3.63) is 35.7 Å². The first-order chi connectivity index (χ1) is 11.1. The fraction of sp³-hybridized carbons (Fsp3) is 0.467. The Kier molecular flexibility index (Phi) is 4.24. The lowest BCUT2D eigenvalue weighted by Crippen LogP contribution is -2.50. The molecule has 0 aliphatic carbocycles. The topological polar surface area (TPSA) is 85.2 Å². The van der Waals surface area contributed by atoms with E-state index in [0.29, 0.717) is 25.4 Å². The fourth-order valence-corrected chi connectivity index (χ4v) is 2.64. The van der Waals surface area contributed by atoms with Crippen molar-refractivity contribution in [2.24, 2.45) is 0 Å². The molecule has 3 heterocycles. The molecule has 8 nitrogen and oxygen atoms in total. The molecule has 0 bridgehead atoms. The minimum atomic E-state index is -0.240. The number of pyridine rings is 1. The van der Waals surface area contributed by atoms with Crippen LogP contribution in [0.15, 0.2) is 18.3 Å². The average Bonchev–Trinajstić information content (AvgIpc) is 2.92. The van der Waals surface area contributed by atoms with E-state index >= 15 is 0 Å². The second-order valence-corrected chi connectivity index (χ2v) is 5.61. The summed E-state index contributed by atoms with van der Waals surface area (Å²) in [6.07, 6.45) is 1.64. The summed E-state index contributed by atoms with van der Waals surface area (Å²) in [7, 11) is 3.52. The first-order valence-corrected chi connectivity index (χ1v) is 7.44. The summed E-state index contributed by atoms with van der Waals surface area (Å²) in [5, 5.41) is 11.1. The van der Waals surface area contributed by atoms with Crippen LogP contribution in [-0.4, -0.2) is 50.8 Å². The van der Waals surface area contributed by atoms with Gasteiger partial charge in [-0.25, -0.2) is 0 Å². The number of amides is 1. The van der Waals surface area contributed by atoms with Gasteiger partial charge in [-0.3, -0.25) is 14.7 Å². The Morgan fingerprint density at radius 1 is 1.43 bits per heavy atom. The van der Waals surface area contributed by atoms with Crippen molar-refractivity contribution >= 4 is 5.91 Å². The van der Waals surface area contributed by atoms with E-state index in [1.165, 1.54) is 0 Å². The molecule has 2 aromatic heterocycles. The van der Waals surface area contributed by atoms with Crippen molar-refractivity contribution in [3.63, 3.8) is 0 Å². The SMILES string of the molecule is COc1ccc(CNC(=O)C2Cn3c(C)nnc3CN2C)nc1. The predicted octanol–water partition coefficient (Wildman–Crippen LogP) is 0.121.